The van der Waals surface area contributed by atoms with Crippen LogP contribution in [0, 0.1) is 0 Å². The molecule has 0 aliphatic carbocycles. The van der Waals surface area contributed by atoms with Crippen molar-refractivity contribution in [3.63, 3.8) is 0 Å². The van der Waals surface area contributed by atoms with Crippen LogP contribution in [0.5, 0.6) is 0 Å². The largest absolute Gasteiger partial charge is 0.417 e. The van der Waals surface area contributed by atoms with E-state index in [9.17, 15) is 5.11 Å². The van der Waals surface area contributed by atoms with E-state index in [0.717, 1.165) is 0 Å². The van der Waals surface area contributed by atoms with Crippen molar-refractivity contribution >= 4 is 8.32 Å². The van der Waals surface area contributed by atoms with Crippen molar-refractivity contribution in [2.75, 3.05) is 13.2 Å². The van der Waals surface area contributed by atoms with Crippen LogP contribution in [0.3, 0.4) is 0 Å². The third-order valence-electron chi connectivity index (χ3n) is 4.64. The lowest BCUT2D eigenvalue weighted by atomic mass is 9.93. The molecule has 0 aromatic heterocycles. The van der Waals surface area contributed by atoms with Gasteiger partial charge in [0.15, 0.2) is 14.1 Å². The van der Waals surface area contributed by atoms with Crippen LogP contribution < -0.4 is 0 Å². The molecular formula is C16H32O4Si. The molecule has 1 aliphatic heterocycles. The third kappa shape index (κ3) is 4.63. The molecular weight excluding hydrogens is 284 g/mol. The molecule has 5 heteroatoms. The summed E-state index contributed by atoms with van der Waals surface area (Å²) in [5, 5.41) is 10.7. The Morgan fingerprint density at radius 3 is 2.43 bits per heavy atom. The summed E-state index contributed by atoms with van der Waals surface area (Å²) in [6.07, 6.45) is 1.78. The minimum Gasteiger partial charge on any atom is -0.417 e. The third-order valence-corrected chi connectivity index (χ3v) is 9.18. The first-order valence-electron chi connectivity index (χ1n) is 7.65. The molecule has 4 nitrogen and oxygen atoms in total. The molecule has 0 saturated carbocycles. The zero-order valence-corrected chi connectivity index (χ0v) is 15.7. The van der Waals surface area contributed by atoms with Gasteiger partial charge in [0.2, 0.25) is 0 Å². The molecule has 0 bridgehead atoms. The summed E-state index contributed by atoms with van der Waals surface area (Å²) in [6.45, 7) is 19.3. The lowest BCUT2D eigenvalue weighted by molar-refractivity contribution is -0.324. The fraction of sp³-hybridized carbons (Fsp3) is 0.875. The van der Waals surface area contributed by atoms with Gasteiger partial charge < -0.3 is 19.0 Å². The summed E-state index contributed by atoms with van der Waals surface area (Å²) in [6, 6.07) is 0. The highest BCUT2D eigenvalue weighted by Gasteiger charge is 2.45. The SMILES string of the molecule is C=CC1(O)COC(C)(C)O[C@@H]1CCO[Si](C)(C)C(C)(C)C. The molecule has 1 aliphatic rings. The summed E-state index contributed by atoms with van der Waals surface area (Å²) in [5.41, 5.74) is -1.15. The first kappa shape index (κ1) is 18.8. The normalized spacial score (nSPS) is 30.2. The molecule has 21 heavy (non-hydrogen) atoms. The maximum absolute atomic E-state index is 10.5. The summed E-state index contributed by atoms with van der Waals surface area (Å²) >= 11 is 0. The quantitative estimate of drug-likeness (QED) is 0.623. The Kier molecular flexibility index (Phi) is 5.50. The van der Waals surface area contributed by atoms with E-state index in [1.807, 2.05) is 13.8 Å². The highest BCUT2D eigenvalue weighted by Crippen LogP contribution is 2.37. The average Bonchev–Trinajstić information content (AvgIpc) is 2.32. The molecule has 1 unspecified atom stereocenters. The summed E-state index contributed by atoms with van der Waals surface area (Å²) in [4.78, 5) is 0. The predicted molar refractivity (Wildman–Crippen MR) is 87.8 cm³/mol. The van der Waals surface area contributed by atoms with Crippen molar-refractivity contribution in [2.24, 2.45) is 0 Å². The van der Waals surface area contributed by atoms with E-state index < -0.39 is 19.7 Å². The molecule has 1 saturated heterocycles. The van der Waals surface area contributed by atoms with Crippen molar-refractivity contribution in [3.05, 3.63) is 12.7 Å². The van der Waals surface area contributed by atoms with Crippen molar-refractivity contribution in [3.8, 4) is 0 Å². The Bertz CT molecular complexity index is 373. The number of rotatable bonds is 5. The molecule has 1 fully saturated rings. The van der Waals surface area contributed by atoms with Gasteiger partial charge in [0.05, 0.1) is 12.7 Å². The first-order chi connectivity index (χ1) is 9.33. The molecule has 2 atom stereocenters. The Hall–Kier alpha value is -0.203. The van der Waals surface area contributed by atoms with Crippen LogP contribution in [-0.2, 0) is 13.9 Å². The molecule has 0 aromatic rings. The number of ether oxygens (including phenoxy) is 2. The van der Waals surface area contributed by atoms with Crippen LogP contribution in [0.2, 0.25) is 18.1 Å². The van der Waals surface area contributed by atoms with Crippen LogP contribution in [0.15, 0.2) is 12.7 Å². The molecule has 1 heterocycles. The van der Waals surface area contributed by atoms with Crippen LogP contribution in [0.1, 0.15) is 41.0 Å². The van der Waals surface area contributed by atoms with Crippen LogP contribution >= 0.6 is 0 Å². The Balaban J connectivity index is 2.65. The van der Waals surface area contributed by atoms with Gasteiger partial charge in [-0.05, 0) is 38.4 Å². The second kappa shape index (κ2) is 6.12. The molecule has 0 spiro atoms. The van der Waals surface area contributed by atoms with Gasteiger partial charge in [0.25, 0.3) is 0 Å². The monoisotopic (exact) mass is 316 g/mol. The molecule has 1 N–H and O–H groups in total. The zero-order valence-electron chi connectivity index (χ0n) is 14.7. The fourth-order valence-electron chi connectivity index (χ4n) is 2.00. The van der Waals surface area contributed by atoms with E-state index >= 15 is 0 Å². The second-order valence-corrected chi connectivity index (χ2v) is 12.7. The molecule has 0 radical (unpaired) electrons. The fourth-order valence-corrected chi connectivity index (χ4v) is 3.06. The summed E-state index contributed by atoms with van der Waals surface area (Å²) < 4.78 is 17.6. The topological polar surface area (TPSA) is 47.9 Å². The average molecular weight is 317 g/mol. The van der Waals surface area contributed by atoms with Crippen molar-refractivity contribution in [2.45, 2.75) is 76.7 Å². The van der Waals surface area contributed by atoms with E-state index in [1.165, 1.54) is 6.08 Å². The smallest absolute Gasteiger partial charge is 0.191 e. The van der Waals surface area contributed by atoms with Crippen molar-refractivity contribution in [1.82, 2.24) is 0 Å². The number of hydrogen-bond donors (Lipinski definition) is 1. The minimum absolute atomic E-state index is 0.178. The Labute approximate surface area is 130 Å². The van der Waals surface area contributed by atoms with Gasteiger partial charge in [-0.2, -0.15) is 0 Å². The van der Waals surface area contributed by atoms with Crippen LogP contribution in [0.25, 0.3) is 0 Å². The van der Waals surface area contributed by atoms with Gasteiger partial charge >= 0.3 is 0 Å². The van der Waals surface area contributed by atoms with Crippen LogP contribution in [0.4, 0.5) is 0 Å². The minimum atomic E-state index is -1.78. The standard InChI is InChI=1S/C16H32O4Si/c1-9-16(17)12-18-15(5,6)20-13(16)10-11-19-21(7,8)14(2,3)4/h9,13,17H,1,10-12H2,2-8H3/t13-,16?/m1/s1. The number of aliphatic hydroxyl groups is 1. The van der Waals surface area contributed by atoms with Crippen LogP contribution in [-0.4, -0.2) is 44.1 Å². The molecule has 124 valence electrons. The Morgan fingerprint density at radius 2 is 1.95 bits per heavy atom. The Morgan fingerprint density at radius 1 is 1.38 bits per heavy atom. The lowest BCUT2D eigenvalue weighted by Crippen LogP contribution is -2.57. The van der Waals surface area contributed by atoms with E-state index in [1.54, 1.807) is 0 Å². The van der Waals surface area contributed by atoms with Gasteiger partial charge in [-0.1, -0.05) is 26.8 Å². The van der Waals surface area contributed by atoms with Gasteiger partial charge in [-0.25, -0.2) is 0 Å². The number of hydrogen-bond acceptors (Lipinski definition) is 4. The summed E-state index contributed by atoms with van der Waals surface area (Å²) in [5.74, 6) is -0.684. The van der Waals surface area contributed by atoms with Crippen molar-refractivity contribution in [1.29, 1.82) is 0 Å². The zero-order chi connectivity index (χ0) is 16.5. The highest BCUT2D eigenvalue weighted by molar-refractivity contribution is 6.74. The predicted octanol–water partition coefficient (Wildman–Crippen LogP) is 3.47. The van der Waals surface area contributed by atoms with Gasteiger partial charge in [-0.3, -0.25) is 0 Å². The second-order valence-electron chi connectivity index (χ2n) is 7.89. The van der Waals surface area contributed by atoms with E-state index in [-0.39, 0.29) is 17.7 Å². The molecule has 0 aromatic carbocycles. The molecule has 1 rings (SSSR count). The van der Waals surface area contributed by atoms with E-state index in [2.05, 4.69) is 40.4 Å². The van der Waals surface area contributed by atoms with Crippen molar-refractivity contribution < 1.29 is 19.0 Å². The summed E-state index contributed by atoms with van der Waals surface area (Å²) in [7, 11) is -1.78. The maximum Gasteiger partial charge on any atom is 0.191 e. The first-order valence-corrected chi connectivity index (χ1v) is 10.6. The van der Waals surface area contributed by atoms with Gasteiger partial charge in [-0.15, -0.1) is 6.58 Å². The lowest BCUT2D eigenvalue weighted by Gasteiger charge is -2.45. The maximum atomic E-state index is 10.5. The van der Waals surface area contributed by atoms with Gasteiger partial charge in [0.1, 0.15) is 5.60 Å². The molecule has 0 amide bonds. The van der Waals surface area contributed by atoms with Gasteiger partial charge in [0, 0.05) is 6.61 Å². The van der Waals surface area contributed by atoms with E-state index in [4.69, 9.17) is 13.9 Å². The highest BCUT2D eigenvalue weighted by atomic mass is 28.4. The van der Waals surface area contributed by atoms with E-state index in [0.29, 0.717) is 13.0 Å².